The molecule has 0 saturated carbocycles. The predicted octanol–water partition coefficient (Wildman–Crippen LogP) is 3.39. The number of benzene rings is 1. The summed E-state index contributed by atoms with van der Waals surface area (Å²) in [6.07, 6.45) is 0.332. The van der Waals surface area contributed by atoms with E-state index in [-0.39, 0.29) is 10.2 Å². The van der Waals surface area contributed by atoms with Gasteiger partial charge in [0.2, 0.25) is 0 Å². The molecular weight excluding hydrogens is 287 g/mol. The normalized spacial score (nSPS) is 10.7. The molecule has 0 bridgehead atoms. The molecule has 0 aliphatic heterocycles. The third-order valence-corrected chi connectivity index (χ3v) is 2.17. The number of alkyl halides is 3. The quantitative estimate of drug-likeness (QED) is 0.863. The summed E-state index contributed by atoms with van der Waals surface area (Å²) in [5, 5.41) is 2.82. The maximum absolute atomic E-state index is 11.9. The number of terminal acetylenes is 1. The second kappa shape index (κ2) is 5.12. The van der Waals surface area contributed by atoms with E-state index >= 15 is 0 Å². The van der Waals surface area contributed by atoms with Crippen molar-refractivity contribution >= 4 is 21.6 Å². The molecule has 0 spiro atoms. The van der Waals surface area contributed by atoms with Crippen LogP contribution in [0.1, 0.15) is 0 Å². The molecule has 0 unspecified atom stereocenters. The van der Waals surface area contributed by atoms with E-state index in [9.17, 15) is 13.2 Å². The Morgan fingerprint density at radius 3 is 2.62 bits per heavy atom. The van der Waals surface area contributed by atoms with Gasteiger partial charge in [0.15, 0.2) is 0 Å². The second-order valence-electron chi connectivity index (χ2n) is 2.75. The van der Waals surface area contributed by atoms with Gasteiger partial charge in [0.25, 0.3) is 0 Å². The number of anilines is 1. The summed E-state index contributed by atoms with van der Waals surface area (Å²) in [7, 11) is 0. The summed E-state index contributed by atoms with van der Waals surface area (Å²) in [4.78, 5) is 0. The van der Waals surface area contributed by atoms with Crippen LogP contribution in [0.3, 0.4) is 0 Å². The highest BCUT2D eigenvalue weighted by atomic mass is 79.9. The minimum absolute atomic E-state index is 0.201. The summed E-state index contributed by atoms with van der Waals surface area (Å²) in [6.45, 7) is 0.298. The molecular formula is C10H7BrF3NO. The fourth-order valence-corrected chi connectivity index (χ4v) is 1.43. The van der Waals surface area contributed by atoms with Crippen molar-refractivity contribution in [2.24, 2.45) is 0 Å². The fraction of sp³-hybridized carbons (Fsp3) is 0.200. The molecule has 1 aromatic rings. The zero-order valence-electron chi connectivity index (χ0n) is 7.94. The molecule has 0 aromatic heterocycles. The van der Waals surface area contributed by atoms with Crippen molar-refractivity contribution in [3.05, 3.63) is 22.7 Å². The first-order valence-corrected chi connectivity index (χ1v) is 4.94. The van der Waals surface area contributed by atoms with Gasteiger partial charge in [-0.05, 0) is 34.1 Å². The highest BCUT2D eigenvalue weighted by Crippen LogP contribution is 2.32. The minimum atomic E-state index is -4.70. The maximum Gasteiger partial charge on any atom is 0.573 e. The Balaban J connectivity index is 2.80. The molecule has 1 N–H and O–H groups in total. The number of hydrogen-bond donors (Lipinski definition) is 1. The van der Waals surface area contributed by atoms with Gasteiger partial charge in [-0.1, -0.05) is 5.92 Å². The fourth-order valence-electron chi connectivity index (χ4n) is 0.971. The topological polar surface area (TPSA) is 21.3 Å². The van der Waals surface area contributed by atoms with E-state index in [0.29, 0.717) is 12.2 Å². The molecule has 0 aliphatic carbocycles. The Morgan fingerprint density at radius 1 is 1.44 bits per heavy atom. The first kappa shape index (κ1) is 12.7. The van der Waals surface area contributed by atoms with E-state index in [4.69, 9.17) is 6.42 Å². The third-order valence-electron chi connectivity index (χ3n) is 1.55. The van der Waals surface area contributed by atoms with Crippen molar-refractivity contribution in [1.82, 2.24) is 0 Å². The van der Waals surface area contributed by atoms with Gasteiger partial charge in [0, 0.05) is 5.69 Å². The van der Waals surface area contributed by atoms with Crippen LogP contribution in [-0.4, -0.2) is 12.9 Å². The summed E-state index contributed by atoms with van der Waals surface area (Å²) in [5.41, 5.74) is 0.611. The van der Waals surface area contributed by atoms with Gasteiger partial charge in [0.1, 0.15) is 5.75 Å². The SMILES string of the molecule is C#CCNc1ccc(OC(F)(F)F)c(Br)c1. The zero-order valence-corrected chi connectivity index (χ0v) is 9.52. The van der Waals surface area contributed by atoms with Crippen molar-refractivity contribution < 1.29 is 17.9 Å². The van der Waals surface area contributed by atoms with Crippen molar-refractivity contribution in [3.8, 4) is 18.1 Å². The molecule has 16 heavy (non-hydrogen) atoms. The second-order valence-corrected chi connectivity index (χ2v) is 3.61. The smallest absolute Gasteiger partial charge is 0.405 e. The Labute approximate surface area is 98.9 Å². The van der Waals surface area contributed by atoms with E-state index in [1.807, 2.05) is 0 Å². The molecule has 86 valence electrons. The van der Waals surface area contributed by atoms with Gasteiger partial charge < -0.3 is 10.1 Å². The molecule has 0 atom stereocenters. The van der Waals surface area contributed by atoms with E-state index < -0.39 is 6.36 Å². The molecule has 6 heteroatoms. The monoisotopic (exact) mass is 293 g/mol. The van der Waals surface area contributed by atoms with Crippen LogP contribution in [0, 0.1) is 12.3 Å². The van der Waals surface area contributed by atoms with Crippen LogP contribution >= 0.6 is 15.9 Å². The van der Waals surface area contributed by atoms with E-state index in [2.05, 4.69) is 31.9 Å². The van der Waals surface area contributed by atoms with Gasteiger partial charge >= 0.3 is 6.36 Å². The summed E-state index contributed by atoms with van der Waals surface area (Å²) in [5.74, 6) is 2.06. The lowest BCUT2D eigenvalue weighted by Crippen LogP contribution is -2.17. The first-order valence-electron chi connectivity index (χ1n) is 4.15. The molecule has 0 amide bonds. The Hall–Kier alpha value is -1.35. The highest BCUT2D eigenvalue weighted by molar-refractivity contribution is 9.10. The van der Waals surface area contributed by atoms with Gasteiger partial charge in [0.05, 0.1) is 11.0 Å². The highest BCUT2D eigenvalue weighted by Gasteiger charge is 2.31. The van der Waals surface area contributed by atoms with Gasteiger partial charge in [-0.25, -0.2) is 0 Å². The number of rotatable bonds is 3. The molecule has 0 radical (unpaired) electrons. The average Bonchev–Trinajstić information content (AvgIpc) is 2.17. The number of hydrogen-bond acceptors (Lipinski definition) is 2. The van der Waals surface area contributed by atoms with Crippen molar-refractivity contribution in [2.75, 3.05) is 11.9 Å². The van der Waals surface area contributed by atoms with E-state index in [1.54, 1.807) is 0 Å². The zero-order chi connectivity index (χ0) is 12.2. The molecule has 0 aliphatic rings. The maximum atomic E-state index is 11.9. The van der Waals surface area contributed by atoms with Crippen LogP contribution in [0.15, 0.2) is 22.7 Å². The number of ether oxygens (including phenoxy) is 1. The van der Waals surface area contributed by atoms with Gasteiger partial charge in [-0.3, -0.25) is 0 Å². The van der Waals surface area contributed by atoms with Gasteiger partial charge in [-0.15, -0.1) is 19.6 Å². The third kappa shape index (κ3) is 4.03. The van der Waals surface area contributed by atoms with Gasteiger partial charge in [-0.2, -0.15) is 0 Å². The van der Waals surface area contributed by atoms with Crippen LogP contribution in [0.4, 0.5) is 18.9 Å². The van der Waals surface area contributed by atoms with Crippen LogP contribution in [0.25, 0.3) is 0 Å². The summed E-state index contributed by atoms with van der Waals surface area (Å²) < 4.78 is 39.8. The van der Waals surface area contributed by atoms with Crippen molar-refractivity contribution in [2.45, 2.75) is 6.36 Å². The van der Waals surface area contributed by atoms with Crippen LogP contribution in [0.5, 0.6) is 5.75 Å². The van der Waals surface area contributed by atoms with Crippen LogP contribution in [-0.2, 0) is 0 Å². The van der Waals surface area contributed by atoms with Crippen LogP contribution < -0.4 is 10.1 Å². The lowest BCUT2D eigenvalue weighted by molar-refractivity contribution is -0.274. The molecule has 2 nitrogen and oxygen atoms in total. The molecule has 1 aromatic carbocycles. The number of halogens is 4. The van der Waals surface area contributed by atoms with Crippen LogP contribution in [0.2, 0.25) is 0 Å². The molecule has 1 rings (SSSR count). The average molecular weight is 294 g/mol. The molecule has 0 fully saturated rings. The standard InChI is InChI=1S/C10H7BrF3NO/c1-2-5-15-7-3-4-9(8(11)6-7)16-10(12,13)14/h1,3-4,6,15H,5H2. The Bertz CT molecular complexity index is 412. The Morgan fingerprint density at radius 2 is 2.12 bits per heavy atom. The van der Waals surface area contributed by atoms with Crippen molar-refractivity contribution in [1.29, 1.82) is 0 Å². The lowest BCUT2D eigenvalue weighted by atomic mass is 10.3. The minimum Gasteiger partial charge on any atom is -0.405 e. The summed E-state index contributed by atoms with van der Waals surface area (Å²) in [6, 6.07) is 4.11. The molecule has 0 saturated heterocycles. The summed E-state index contributed by atoms with van der Waals surface area (Å²) >= 11 is 2.98. The predicted molar refractivity (Wildman–Crippen MR) is 58.1 cm³/mol. The lowest BCUT2D eigenvalue weighted by Gasteiger charge is -2.11. The van der Waals surface area contributed by atoms with E-state index in [0.717, 1.165) is 0 Å². The first-order chi connectivity index (χ1) is 7.42. The van der Waals surface area contributed by atoms with E-state index in [1.165, 1.54) is 18.2 Å². The largest absolute Gasteiger partial charge is 0.573 e. The number of nitrogens with one attached hydrogen (secondary N) is 1. The Kier molecular flexibility index (Phi) is 4.07. The molecule has 0 heterocycles. The van der Waals surface area contributed by atoms with Crippen molar-refractivity contribution in [3.63, 3.8) is 0 Å².